The Bertz CT molecular complexity index is 828. The van der Waals surface area contributed by atoms with Gasteiger partial charge in [0.2, 0.25) is 0 Å². The molecule has 3 aromatic rings. The molecule has 0 fully saturated rings. The molecule has 4 nitrogen and oxygen atoms in total. The van der Waals surface area contributed by atoms with Crippen LogP contribution in [0.2, 0.25) is 5.02 Å². The number of anilines is 1. The number of fused-ring (bicyclic) bond motifs is 1. The highest BCUT2D eigenvalue weighted by Gasteiger charge is 2.12. The van der Waals surface area contributed by atoms with E-state index in [1.807, 2.05) is 18.2 Å². The van der Waals surface area contributed by atoms with Crippen LogP contribution in [0.5, 0.6) is 5.75 Å². The standard InChI is InChI=1S/C16H11ClN2O2/c17-14-5-4-11(20)8-12(14)16(21)19-15-3-1-2-10-6-7-18-9-13(10)15/h1-9,20H,(H,19,21). The highest BCUT2D eigenvalue weighted by molar-refractivity contribution is 6.34. The van der Waals surface area contributed by atoms with Gasteiger partial charge in [0.1, 0.15) is 5.75 Å². The third-order valence-electron chi connectivity index (χ3n) is 3.13. The number of nitrogens with zero attached hydrogens (tertiary/aromatic N) is 1. The largest absolute Gasteiger partial charge is 0.508 e. The summed E-state index contributed by atoms with van der Waals surface area (Å²) in [6, 6.07) is 11.7. The molecule has 1 amide bonds. The quantitative estimate of drug-likeness (QED) is 0.755. The van der Waals surface area contributed by atoms with Crippen molar-refractivity contribution in [2.75, 3.05) is 5.32 Å². The summed E-state index contributed by atoms with van der Waals surface area (Å²) in [6.07, 6.45) is 3.38. The zero-order chi connectivity index (χ0) is 14.8. The van der Waals surface area contributed by atoms with Gasteiger partial charge >= 0.3 is 0 Å². The van der Waals surface area contributed by atoms with Crippen molar-refractivity contribution in [3.63, 3.8) is 0 Å². The number of hydrogen-bond acceptors (Lipinski definition) is 3. The van der Waals surface area contributed by atoms with Crippen LogP contribution >= 0.6 is 11.6 Å². The summed E-state index contributed by atoms with van der Waals surface area (Å²) >= 11 is 5.99. The van der Waals surface area contributed by atoms with Crippen molar-refractivity contribution in [1.82, 2.24) is 4.98 Å². The van der Waals surface area contributed by atoms with Gasteiger partial charge in [-0.05, 0) is 35.7 Å². The van der Waals surface area contributed by atoms with Crippen LogP contribution in [0.3, 0.4) is 0 Å². The Morgan fingerprint density at radius 2 is 2.05 bits per heavy atom. The summed E-state index contributed by atoms with van der Waals surface area (Å²) in [6.45, 7) is 0. The number of aromatic nitrogens is 1. The van der Waals surface area contributed by atoms with E-state index >= 15 is 0 Å². The number of carbonyl (C=O) groups excluding carboxylic acids is 1. The zero-order valence-corrected chi connectivity index (χ0v) is 11.6. The minimum atomic E-state index is -0.382. The van der Waals surface area contributed by atoms with Crippen molar-refractivity contribution in [2.45, 2.75) is 0 Å². The first-order valence-electron chi connectivity index (χ1n) is 6.28. The summed E-state index contributed by atoms with van der Waals surface area (Å²) < 4.78 is 0. The van der Waals surface area contributed by atoms with E-state index in [9.17, 15) is 9.90 Å². The summed E-state index contributed by atoms with van der Waals surface area (Å²) in [5.74, 6) is -0.392. The van der Waals surface area contributed by atoms with E-state index in [-0.39, 0.29) is 22.2 Å². The van der Waals surface area contributed by atoms with Crippen LogP contribution in [0.25, 0.3) is 10.8 Å². The van der Waals surface area contributed by atoms with Gasteiger partial charge in [0, 0.05) is 17.8 Å². The number of amides is 1. The molecular weight excluding hydrogens is 288 g/mol. The Balaban J connectivity index is 1.99. The van der Waals surface area contributed by atoms with Crippen molar-refractivity contribution in [3.8, 4) is 5.75 Å². The first-order valence-corrected chi connectivity index (χ1v) is 6.65. The normalized spacial score (nSPS) is 10.5. The van der Waals surface area contributed by atoms with Gasteiger partial charge in [0.05, 0.1) is 16.3 Å². The number of aromatic hydroxyl groups is 1. The molecular formula is C16H11ClN2O2. The van der Waals surface area contributed by atoms with Crippen molar-refractivity contribution >= 4 is 34.0 Å². The molecule has 0 unspecified atom stereocenters. The molecule has 2 N–H and O–H groups in total. The zero-order valence-electron chi connectivity index (χ0n) is 10.9. The topological polar surface area (TPSA) is 62.2 Å². The monoisotopic (exact) mass is 298 g/mol. The predicted molar refractivity (Wildman–Crippen MR) is 82.8 cm³/mol. The number of hydrogen-bond donors (Lipinski definition) is 2. The van der Waals surface area contributed by atoms with Gasteiger partial charge in [-0.15, -0.1) is 0 Å². The minimum Gasteiger partial charge on any atom is -0.508 e. The molecule has 0 bridgehead atoms. The van der Waals surface area contributed by atoms with Crippen molar-refractivity contribution in [3.05, 3.63) is 65.4 Å². The van der Waals surface area contributed by atoms with Crippen LogP contribution in [-0.4, -0.2) is 16.0 Å². The van der Waals surface area contributed by atoms with Crippen LogP contribution in [-0.2, 0) is 0 Å². The predicted octanol–water partition coefficient (Wildman–Crippen LogP) is 3.85. The smallest absolute Gasteiger partial charge is 0.257 e. The molecule has 0 saturated heterocycles. The van der Waals surface area contributed by atoms with Gasteiger partial charge in [0.25, 0.3) is 5.91 Å². The average molecular weight is 299 g/mol. The number of rotatable bonds is 2. The van der Waals surface area contributed by atoms with E-state index in [1.54, 1.807) is 18.5 Å². The Morgan fingerprint density at radius 1 is 1.19 bits per heavy atom. The molecule has 5 heteroatoms. The second kappa shape index (κ2) is 5.42. The molecule has 3 rings (SSSR count). The second-order valence-electron chi connectivity index (χ2n) is 4.52. The molecule has 21 heavy (non-hydrogen) atoms. The molecule has 0 aliphatic heterocycles. The van der Waals surface area contributed by atoms with Crippen LogP contribution in [0, 0.1) is 0 Å². The summed E-state index contributed by atoms with van der Waals surface area (Å²) in [5, 5.41) is 14.4. The van der Waals surface area contributed by atoms with Gasteiger partial charge in [-0.1, -0.05) is 23.7 Å². The Labute approximate surface area is 126 Å². The fourth-order valence-electron chi connectivity index (χ4n) is 2.10. The number of benzene rings is 2. The van der Waals surface area contributed by atoms with Gasteiger partial charge in [-0.2, -0.15) is 0 Å². The Hall–Kier alpha value is -2.59. The Morgan fingerprint density at radius 3 is 2.90 bits per heavy atom. The fourth-order valence-corrected chi connectivity index (χ4v) is 2.30. The van der Waals surface area contributed by atoms with Crippen LogP contribution < -0.4 is 5.32 Å². The SMILES string of the molecule is O=C(Nc1cccc2ccncc12)c1cc(O)ccc1Cl. The van der Waals surface area contributed by atoms with E-state index in [4.69, 9.17) is 11.6 Å². The van der Waals surface area contributed by atoms with E-state index in [0.29, 0.717) is 5.69 Å². The number of phenolic OH excluding ortho intramolecular Hbond substituents is 1. The maximum absolute atomic E-state index is 12.3. The molecule has 0 aliphatic carbocycles. The lowest BCUT2D eigenvalue weighted by atomic mass is 10.1. The molecule has 0 saturated carbocycles. The van der Waals surface area contributed by atoms with Gasteiger partial charge in [-0.3, -0.25) is 9.78 Å². The third kappa shape index (κ3) is 2.66. The summed E-state index contributed by atoms with van der Waals surface area (Å²) in [7, 11) is 0. The number of carbonyl (C=O) groups is 1. The van der Waals surface area contributed by atoms with E-state index in [2.05, 4.69) is 10.3 Å². The van der Waals surface area contributed by atoms with Crippen LogP contribution in [0.15, 0.2) is 54.9 Å². The maximum atomic E-state index is 12.3. The van der Waals surface area contributed by atoms with Crippen LogP contribution in [0.1, 0.15) is 10.4 Å². The maximum Gasteiger partial charge on any atom is 0.257 e. The highest BCUT2D eigenvalue weighted by atomic mass is 35.5. The number of halogens is 1. The number of phenols is 1. The first kappa shape index (κ1) is 13.4. The lowest BCUT2D eigenvalue weighted by molar-refractivity contribution is 0.102. The first-order chi connectivity index (χ1) is 10.1. The molecule has 1 heterocycles. The van der Waals surface area contributed by atoms with Gasteiger partial charge in [-0.25, -0.2) is 0 Å². The molecule has 104 valence electrons. The Kier molecular flexibility index (Phi) is 3.46. The van der Waals surface area contributed by atoms with Gasteiger partial charge < -0.3 is 10.4 Å². The van der Waals surface area contributed by atoms with Gasteiger partial charge in [0.15, 0.2) is 0 Å². The lowest BCUT2D eigenvalue weighted by Gasteiger charge is -2.09. The average Bonchev–Trinajstić information content (AvgIpc) is 2.50. The van der Waals surface area contributed by atoms with Crippen LogP contribution in [0.4, 0.5) is 5.69 Å². The molecule has 1 aromatic heterocycles. The minimum absolute atomic E-state index is 0.0101. The highest BCUT2D eigenvalue weighted by Crippen LogP contribution is 2.25. The van der Waals surface area contributed by atoms with Crippen molar-refractivity contribution in [1.29, 1.82) is 0 Å². The fraction of sp³-hybridized carbons (Fsp3) is 0. The number of nitrogens with one attached hydrogen (secondary N) is 1. The van der Waals surface area contributed by atoms with E-state index in [1.165, 1.54) is 18.2 Å². The van der Waals surface area contributed by atoms with Crippen molar-refractivity contribution in [2.24, 2.45) is 0 Å². The summed E-state index contributed by atoms with van der Waals surface area (Å²) in [4.78, 5) is 16.4. The molecule has 2 aromatic carbocycles. The second-order valence-corrected chi connectivity index (χ2v) is 4.93. The van der Waals surface area contributed by atoms with E-state index < -0.39 is 0 Å². The van der Waals surface area contributed by atoms with E-state index in [0.717, 1.165) is 10.8 Å². The number of pyridine rings is 1. The molecule has 0 aliphatic rings. The molecule has 0 spiro atoms. The summed E-state index contributed by atoms with van der Waals surface area (Å²) in [5.41, 5.74) is 0.863. The lowest BCUT2D eigenvalue weighted by Crippen LogP contribution is -2.12. The molecule has 0 radical (unpaired) electrons. The third-order valence-corrected chi connectivity index (χ3v) is 3.46. The molecule has 0 atom stereocenters. The van der Waals surface area contributed by atoms with Crippen molar-refractivity contribution < 1.29 is 9.90 Å².